The molecule has 0 atom stereocenters. The van der Waals surface area contributed by atoms with Crippen LogP contribution < -0.4 is 14.7 Å². The van der Waals surface area contributed by atoms with Gasteiger partial charge in [0.25, 0.3) is 0 Å². The Kier molecular flexibility index (Phi) is 31.0. The van der Waals surface area contributed by atoms with E-state index in [0.29, 0.717) is 0 Å². The van der Waals surface area contributed by atoms with Gasteiger partial charge in [-0.2, -0.15) is 7.82 Å². The summed E-state index contributed by atoms with van der Waals surface area (Å²) >= 11 is 0. The average Bonchev–Trinajstić information content (AvgIpc) is 0.722. The van der Waals surface area contributed by atoms with E-state index in [1.165, 1.54) is 0 Å². The molecule has 0 aliphatic rings. The molecule has 8 heteroatoms. The SMILES string of the molecule is O=P([O-])([O-])[O-].[Eu+3].[Mg+2].[Sr+2]. The summed E-state index contributed by atoms with van der Waals surface area (Å²) in [6, 6.07) is 0. The van der Waals surface area contributed by atoms with E-state index in [9.17, 15) is 0 Å². The second kappa shape index (κ2) is 10.9. The van der Waals surface area contributed by atoms with Crippen LogP contribution in [0.2, 0.25) is 0 Å². The molecule has 0 bridgehead atoms. The van der Waals surface area contributed by atoms with Gasteiger partial charge < -0.3 is 19.2 Å². The third-order valence-electron chi connectivity index (χ3n) is 0. The molecule has 0 aliphatic heterocycles. The molecule has 0 saturated heterocycles. The van der Waals surface area contributed by atoms with Crippen molar-refractivity contribution in [3.63, 3.8) is 0 Å². The molecule has 0 radical (unpaired) electrons. The summed E-state index contributed by atoms with van der Waals surface area (Å²) in [7, 11) is -5.39. The number of phosphoric acid groups is 1. The minimum Gasteiger partial charge on any atom is -0.822 e. The zero-order valence-corrected chi connectivity index (χ0v) is 12.1. The van der Waals surface area contributed by atoms with Gasteiger partial charge in [-0.15, -0.1) is 0 Å². The van der Waals surface area contributed by atoms with Crippen molar-refractivity contribution >= 4 is 76.4 Å². The van der Waals surface area contributed by atoms with Gasteiger partial charge in [-0.1, -0.05) is 0 Å². The predicted molar refractivity (Wildman–Crippen MR) is 19.1 cm³/mol. The Morgan fingerprint density at radius 2 is 1.12 bits per heavy atom. The van der Waals surface area contributed by atoms with Crippen molar-refractivity contribution < 1.29 is 68.6 Å². The number of rotatable bonds is 0. The van der Waals surface area contributed by atoms with Crippen LogP contribution in [0.15, 0.2) is 0 Å². The third kappa shape index (κ3) is 51.2. The summed E-state index contributed by atoms with van der Waals surface area (Å²) in [6.07, 6.45) is 0. The minimum atomic E-state index is -5.39. The van der Waals surface area contributed by atoms with Crippen molar-refractivity contribution in [3.05, 3.63) is 0 Å². The largest absolute Gasteiger partial charge is 3.00 e. The fraction of sp³-hybridized carbons (Fsp3) is 0. The van der Waals surface area contributed by atoms with E-state index < -0.39 is 7.82 Å². The first kappa shape index (κ1) is 22.7. The Hall–Kier alpha value is 3.94. The predicted octanol–water partition coefficient (Wildman–Crippen LogP) is -3.59. The van der Waals surface area contributed by atoms with E-state index in [-0.39, 0.29) is 118 Å². The van der Waals surface area contributed by atoms with Crippen LogP contribution in [0.5, 0.6) is 0 Å². The molecule has 0 heterocycles. The van der Waals surface area contributed by atoms with Gasteiger partial charge >= 0.3 is 118 Å². The third-order valence-corrected chi connectivity index (χ3v) is 0. The van der Waals surface area contributed by atoms with E-state index in [2.05, 4.69) is 0 Å². The molecule has 4 nitrogen and oxygen atoms in total. The Morgan fingerprint density at radius 1 is 1.12 bits per heavy atom. The number of hydrogen-bond donors (Lipinski definition) is 0. The molecule has 0 unspecified atom stereocenters. The molecule has 0 amide bonds. The fourth-order valence-corrected chi connectivity index (χ4v) is 0. The molecule has 0 rings (SSSR count). The second-order valence-corrected chi connectivity index (χ2v) is 1.34. The van der Waals surface area contributed by atoms with E-state index in [1.54, 1.807) is 0 Å². The van der Waals surface area contributed by atoms with Crippen molar-refractivity contribution in [2.24, 2.45) is 0 Å². The van der Waals surface area contributed by atoms with Crippen molar-refractivity contribution in [2.75, 3.05) is 0 Å². The monoisotopic (exact) mass is 360 g/mol. The van der Waals surface area contributed by atoms with E-state index in [4.69, 9.17) is 19.2 Å². The van der Waals surface area contributed by atoms with Crippen molar-refractivity contribution in [1.82, 2.24) is 0 Å². The first-order valence-corrected chi connectivity index (χ1v) is 2.19. The summed E-state index contributed by atoms with van der Waals surface area (Å²) in [6.45, 7) is 0. The number of hydrogen-bond acceptors (Lipinski definition) is 4. The van der Waals surface area contributed by atoms with Gasteiger partial charge in [0.2, 0.25) is 0 Å². The topological polar surface area (TPSA) is 86.2 Å². The molecule has 0 aromatic heterocycles. The maximum absolute atomic E-state index is 8.55. The molecule has 0 saturated carbocycles. The molecular formula is EuMgO4PSr+4. The Balaban J connectivity index is -0.0000000267. The van der Waals surface area contributed by atoms with Crippen LogP contribution in [0.25, 0.3) is 0 Å². The summed E-state index contributed by atoms with van der Waals surface area (Å²) in [5.41, 5.74) is 0. The molecule has 0 aromatic carbocycles. The van der Waals surface area contributed by atoms with Gasteiger partial charge in [-0.05, 0) is 0 Å². The normalized spacial score (nSPS) is 7.38. The van der Waals surface area contributed by atoms with Gasteiger partial charge in [0.1, 0.15) is 0 Å². The molecule has 36 valence electrons. The van der Waals surface area contributed by atoms with Crippen LogP contribution in [-0.2, 0) is 4.57 Å². The standard InChI is InChI=1S/Eu.Mg.H3O4P.Sr/c;;1-5(2,3)4;/h;;(H3,1,2,3,4);/q+3;+2;;+2/p-3. The molecule has 0 spiro atoms. The van der Waals surface area contributed by atoms with E-state index in [1.807, 2.05) is 0 Å². The van der Waals surface area contributed by atoms with Crippen LogP contribution in [0.3, 0.4) is 0 Å². The van der Waals surface area contributed by atoms with Crippen molar-refractivity contribution in [2.45, 2.75) is 0 Å². The van der Waals surface area contributed by atoms with E-state index >= 15 is 0 Å². The molecule has 0 N–H and O–H groups in total. The van der Waals surface area contributed by atoms with E-state index in [0.717, 1.165) is 0 Å². The van der Waals surface area contributed by atoms with Crippen LogP contribution >= 0.6 is 7.82 Å². The Morgan fingerprint density at radius 3 is 1.12 bits per heavy atom. The second-order valence-electron chi connectivity index (χ2n) is 0.447. The first-order chi connectivity index (χ1) is 2.00. The van der Waals surface area contributed by atoms with Gasteiger partial charge in [-0.25, -0.2) is 0 Å². The zero-order chi connectivity index (χ0) is 4.50. The van der Waals surface area contributed by atoms with Gasteiger partial charge in [0.05, 0.1) is 0 Å². The summed E-state index contributed by atoms with van der Waals surface area (Å²) in [4.78, 5) is 25.6. The quantitative estimate of drug-likeness (QED) is 0.331. The smallest absolute Gasteiger partial charge is 0.822 e. The summed E-state index contributed by atoms with van der Waals surface area (Å²) in [5, 5.41) is 0. The van der Waals surface area contributed by atoms with Gasteiger partial charge in [0, 0.05) is 0 Å². The maximum Gasteiger partial charge on any atom is 3.00 e. The molecule has 8 heavy (non-hydrogen) atoms. The van der Waals surface area contributed by atoms with Gasteiger partial charge in [-0.3, -0.25) is 0 Å². The van der Waals surface area contributed by atoms with Crippen LogP contribution in [0.4, 0.5) is 0 Å². The Bertz CT molecular complexity index is 62.2. The van der Waals surface area contributed by atoms with Crippen molar-refractivity contribution in [1.29, 1.82) is 0 Å². The first-order valence-electron chi connectivity index (χ1n) is 0.730. The minimum absolute atomic E-state index is 0. The fourth-order valence-electron chi connectivity index (χ4n) is 0. The molecule has 0 aromatic rings. The summed E-state index contributed by atoms with van der Waals surface area (Å²) < 4.78 is 8.55. The summed E-state index contributed by atoms with van der Waals surface area (Å²) in [5.74, 6) is 0. The van der Waals surface area contributed by atoms with Crippen molar-refractivity contribution in [3.8, 4) is 0 Å². The Labute approximate surface area is 141 Å². The van der Waals surface area contributed by atoms with Crippen LogP contribution in [-0.4, -0.2) is 68.5 Å². The average molecular weight is 359 g/mol. The van der Waals surface area contributed by atoms with Crippen LogP contribution in [0, 0.1) is 49.4 Å². The maximum atomic E-state index is 8.55. The molecule has 0 fully saturated rings. The zero-order valence-electron chi connectivity index (χ0n) is 3.87. The molecular weight excluding hydrogens is 359 g/mol. The van der Waals surface area contributed by atoms with Crippen LogP contribution in [0.1, 0.15) is 0 Å². The molecule has 0 aliphatic carbocycles. The van der Waals surface area contributed by atoms with Gasteiger partial charge in [0.15, 0.2) is 0 Å².